The molecule has 1 heterocycles. The number of rotatable bonds is 9. The second kappa shape index (κ2) is 13.2. The van der Waals surface area contributed by atoms with Crippen molar-refractivity contribution in [3.8, 4) is 5.75 Å². The highest BCUT2D eigenvalue weighted by Gasteiger charge is 2.32. The molecule has 1 aliphatic heterocycles. The Labute approximate surface area is 210 Å². The summed E-state index contributed by atoms with van der Waals surface area (Å²) in [7, 11) is 2.07. The lowest BCUT2D eigenvalue weighted by molar-refractivity contribution is -0.0275. The van der Waals surface area contributed by atoms with E-state index in [2.05, 4.69) is 29.0 Å². The third kappa shape index (κ3) is 8.82. The van der Waals surface area contributed by atoms with Gasteiger partial charge in [0.15, 0.2) is 5.78 Å². The minimum Gasteiger partial charge on any atom is -0.491 e. The summed E-state index contributed by atoms with van der Waals surface area (Å²) in [6.07, 6.45) is 2.50. The second-order valence-corrected chi connectivity index (χ2v) is 9.09. The molecule has 0 aromatic heterocycles. The van der Waals surface area contributed by atoms with Gasteiger partial charge in [0.25, 0.3) is 0 Å². The summed E-state index contributed by atoms with van der Waals surface area (Å²) >= 11 is 0. The molecule has 0 atom stereocenters. The Balaban J connectivity index is 0.00000272. The molecule has 2 aromatic carbocycles. The van der Waals surface area contributed by atoms with Gasteiger partial charge in [0.2, 0.25) is 0 Å². The number of piperidine rings is 1. The minimum atomic E-state index is -0.607. The molecule has 184 valence electrons. The highest BCUT2D eigenvalue weighted by Crippen LogP contribution is 2.28. The summed E-state index contributed by atoms with van der Waals surface area (Å²) in [5.74, 6) is 0.980. The van der Waals surface area contributed by atoms with E-state index < -0.39 is 5.60 Å². The van der Waals surface area contributed by atoms with Crippen molar-refractivity contribution in [2.45, 2.75) is 58.3 Å². The molecule has 3 rings (SSSR count). The molecular weight excluding hydrogens is 459 g/mol. The zero-order valence-electron chi connectivity index (χ0n) is 20.1. The van der Waals surface area contributed by atoms with Gasteiger partial charge in [-0.2, -0.15) is 0 Å². The number of nitrogens with zero attached hydrogens (tertiary/aromatic N) is 2. The van der Waals surface area contributed by atoms with Crippen molar-refractivity contribution in [1.29, 1.82) is 0 Å². The Morgan fingerprint density at radius 3 is 2.15 bits per heavy atom. The zero-order chi connectivity index (χ0) is 22.4. The lowest BCUT2D eigenvalue weighted by atomic mass is 9.88. The highest BCUT2D eigenvalue weighted by atomic mass is 35.5. The second-order valence-electron chi connectivity index (χ2n) is 9.09. The zero-order valence-corrected chi connectivity index (χ0v) is 21.8. The Hall–Kier alpha value is -1.79. The van der Waals surface area contributed by atoms with Crippen molar-refractivity contribution >= 4 is 36.3 Å². The maximum absolute atomic E-state index is 11.4. The van der Waals surface area contributed by atoms with Crippen LogP contribution in [0.15, 0.2) is 48.5 Å². The van der Waals surface area contributed by atoms with Crippen LogP contribution in [0.2, 0.25) is 0 Å². The topological polar surface area (TPSA) is 53.0 Å². The number of likely N-dealkylation sites (tertiary alicyclic amines) is 1. The molecular formula is C26H38Cl2N2O3. The number of hydrogen-bond donors (Lipinski definition) is 1. The number of ether oxygens (including phenoxy) is 1. The first-order valence-corrected chi connectivity index (χ1v) is 11.3. The van der Waals surface area contributed by atoms with E-state index in [1.54, 1.807) is 6.92 Å². The van der Waals surface area contributed by atoms with Crippen molar-refractivity contribution in [3.05, 3.63) is 59.7 Å². The first-order valence-electron chi connectivity index (χ1n) is 11.3. The van der Waals surface area contributed by atoms with E-state index in [4.69, 9.17) is 4.74 Å². The number of ketones is 1. The molecule has 0 aliphatic carbocycles. The third-order valence-electron chi connectivity index (χ3n) is 6.12. The normalized spacial score (nSPS) is 15.3. The fraction of sp³-hybridized carbons (Fsp3) is 0.500. The molecule has 0 unspecified atom stereocenters. The molecule has 0 saturated carbocycles. The maximum Gasteiger partial charge on any atom is 0.159 e. The van der Waals surface area contributed by atoms with Gasteiger partial charge in [0, 0.05) is 44.5 Å². The SMILES string of the molecule is CC(=O)c1ccc(CN2CCC(O)(CCN(C)c3ccc(OC(C)C)cc3)CC2)cc1.Cl.Cl. The number of Topliss-reactive ketones (excluding diaryl/α,β-unsaturated/α-hetero) is 1. The summed E-state index contributed by atoms with van der Waals surface area (Å²) in [6, 6.07) is 16.0. The number of hydrogen-bond acceptors (Lipinski definition) is 5. The van der Waals surface area contributed by atoms with Crippen molar-refractivity contribution < 1.29 is 14.6 Å². The van der Waals surface area contributed by atoms with Crippen LogP contribution in [-0.2, 0) is 6.54 Å². The number of anilines is 1. The molecule has 1 fully saturated rings. The average Bonchev–Trinajstić information content (AvgIpc) is 2.74. The van der Waals surface area contributed by atoms with Gasteiger partial charge in [-0.25, -0.2) is 0 Å². The van der Waals surface area contributed by atoms with Crippen LogP contribution < -0.4 is 9.64 Å². The summed E-state index contributed by atoms with van der Waals surface area (Å²) in [6.45, 7) is 9.08. The van der Waals surface area contributed by atoms with E-state index in [1.807, 2.05) is 50.2 Å². The summed E-state index contributed by atoms with van der Waals surface area (Å²) < 4.78 is 5.71. The van der Waals surface area contributed by atoms with Crippen LogP contribution in [0.25, 0.3) is 0 Å². The first-order chi connectivity index (χ1) is 14.7. The molecule has 5 nitrogen and oxygen atoms in total. The van der Waals surface area contributed by atoms with E-state index in [-0.39, 0.29) is 36.7 Å². The van der Waals surface area contributed by atoms with Crippen LogP contribution in [0.5, 0.6) is 5.75 Å². The predicted molar refractivity (Wildman–Crippen MR) is 140 cm³/mol. The largest absolute Gasteiger partial charge is 0.491 e. The average molecular weight is 498 g/mol. The van der Waals surface area contributed by atoms with Crippen molar-refractivity contribution in [2.75, 3.05) is 31.6 Å². The molecule has 1 aliphatic rings. The van der Waals surface area contributed by atoms with Gasteiger partial charge >= 0.3 is 0 Å². The molecule has 1 N–H and O–H groups in total. The van der Waals surface area contributed by atoms with Crippen LogP contribution >= 0.6 is 24.8 Å². The number of aliphatic hydroxyl groups is 1. The van der Waals surface area contributed by atoms with Crippen LogP contribution in [-0.4, -0.2) is 54.2 Å². The van der Waals surface area contributed by atoms with Crippen LogP contribution in [0.1, 0.15) is 56.0 Å². The Bertz CT molecular complexity index is 849. The highest BCUT2D eigenvalue weighted by molar-refractivity contribution is 5.94. The smallest absolute Gasteiger partial charge is 0.159 e. The van der Waals surface area contributed by atoms with Gasteiger partial charge in [0.05, 0.1) is 11.7 Å². The molecule has 0 bridgehead atoms. The van der Waals surface area contributed by atoms with E-state index in [9.17, 15) is 9.90 Å². The summed E-state index contributed by atoms with van der Waals surface area (Å²) in [5.41, 5.74) is 2.48. The quantitative estimate of drug-likeness (QED) is 0.472. The van der Waals surface area contributed by atoms with E-state index in [1.165, 1.54) is 5.56 Å². The molecule has 33 heavy (non-hydrogen) atoms. The molecule has 1 saturated heterocycles. The van der Waals surface area contributed by atoms with E-state index >= 15 is 0 Å². The number of carbonyl (C=O) groups excluding carboxylic acids is 1. The van der Waals surface area contributed by atoms with Gasteiger partial charge in [-0.05, 0) is 69.9 Å². The lowest BCUT2D eigenvalue weighted by Crippen LogP contribution is -2.45. The predicted octanol–water partition coefficient (Wildman–Crippen LogP) is 5.37. The fourth-order valence-electron chi connectivity index (χ4n) is 4.04. The lowest BCUT2D eigenvalue weighted by Gasteiger charge is -2.39. The summed E-state index contributed by atoms with van der Waals surface area (Å²) in [5, 5.41) is 11.1. The minimum absolute atomic E-state index is 0. The van der Waals surface area contributed by atoms with Crippen molar-refractivity contribution in [1.82, 2.24) is 4.90 Å². The Morgan fingerprint density at radius 1 is 1.06 bits per heavy atom. The standard InChI is InChI=1S/C26H36N2O3.2ClH/c1-20(2)31-25-11-9-24(10-12-25)27(4)16-13-26(30)14-17-28(18-15-26)19-22-5-7-23(8-6-22)21(3)29;;/h5-12,20,30H,13-19H2,1-4H3;2*1H. The fourth-order valence-corrected chi connectivity index (χ4v) is 4.04. The maximum atomic E-state index is 11.4. The molecule has 0 amide bonds. The Kier molecular flexibility index (Phi) is 11.7. The van der Waals surface area contributed by atoms with Crippen LogP contribution in [0.4, 0.5) is 5.69 Å². The van der Waals surface area contributed by atoms with Crippen LogP contribution in [0.3, 0.4) is 0 Å². The molecule has 7 heteroatoms. The van der Waals surface area contributed by atoms with Gasteiger partial charge in [-0.15, -0.1) is 24.8 Å². The third-order valence-corrected chi connectivity index (χ3v) is 6.12. The van der Waals surface area contributed by atoms with Gasteiger partial charge in [-0.3, -0.25) is 9.69 Å². The van der Waals surface area contributed by atoms with E-state index in [0.717, 1.165) is 62.4 Å². The van der Waals surface area contributed by atoms with Crippen LogP contribution in [0, 0.1) is 0 Å². The Morgan fingerprint density at radius 2 is 1.64 bits per heavy atom. The number of carbonyl (C=O) groups is 1. The van der Waals surface area contributed by atoms with Crippen molar-refractivity contribution in [2.24, 2.45) is 0 Å². The van der Waals surface area contributed by atoms with Crippen molar-refractivity contribution in [3.63, 3.8) is 0 Å². The number of halogens is 2. The van der Waals surface area contributed by atoms with Gasteiger partial charge in [0.1, 0.15) is 5.75 Å². The molecule has 0 radical (unpaired) electrons. The molecule has 2 aromatic rings. The van der Waals surface area contributed by atoms with Gasteiger partial charge in [-0.1, -0.05) is 24.3 Å². The van der Waals surface area contributed by atoms with Gasteiger partial charge < -0.3 is 14.7 Å². The van der Waals surface area contributed by atoms with E-state index in [0.29, 0.717) is 0 Å². The first kappa shape index (κ1) is 29.2. The molecule has 0 spiro atoms. The summed E-state index contributed by atoms with van der Waals surface area (Å²) in [4.78, 5) is 16.0. The number of benzene rings is 2. The monoisotopic (exact) mass is 496 g/mol.